The molecular weight excluding hydrogens is 456 g/mol. The number of ether oxygens (including phenoxy) is 2. The molecule has 0 amide bonds. The van der Waals surface area contributed by atoms with Gasteiger partial charge in [-0.05, 0) is 12.8 Å². The van der Waals surface area contributed by atoms with Crippen molar-refractivity contribution in [3.8, 4) is 0 Å². The maximum Gasteiger partial charge on any atom is 0.169 e. The molecule has 37 heavy (non-hydrogen) atoms. The second-order valence-electron chi connectivity index (χ2n) is 12.1. The van der Waals surface area contributed by atoms with Gasteiger partial charge in [-0.25, -0.2) is 0 Å². The second-order valence-corrected chi connectivity index (χ2v) is 12.1. The van der Waals surface area contributed by atoms with Crippen LogP contribution in [0.3, 0.4) is 0 Å². The predicted molar refractivity (Wildman–Crippen MR) is 161 cm³/mol. The third-order valence-corrected chi connectivity index (χ3v) is 8.44. The summed E-state index contributed by atoms with van der Waals surface area (Å²) in [5.41, 5.74) is 0. The van der Waals surface area contributed by atoms with Crippen molar-refractivity contribution < 1.29 is 14.6 Å². The lowest BCUT2D eigenvalue weighted by Gasteiger charge is -2.28. The Labute approximate surface area is 233 Å². The number of hydrogen-bond acceptors (Lipinski definition) is 3. The zero-order chi connectivity index (χ0) is 26.7. The van der Waals surface area contributed by atoms with Gasteiger partial charge in [0.05, 0.1) is 13.2 Å². The van der Waals surface area contributed by atoms with Gasteiger partial charge in [0.2, 0.25) is 0 Å². The van der Waals surface area contributed by atoms with Gasteiger partial charge < -0.3 is 14.6 Å². The zero-order valence-electron chi connectivity index (χ0n) is 25.6. The maximum atomic E-state index is 9.56. The van der Waals surface area contributed by atoms with Crippen molar-refractivity contribution in [3.63, 3.8) is 0 Å². The number of rotatable bonds is 29. The normalized spacial score (nSPS) is 17.1. The Bertz CT molecular complexity index is 422. The van der Waals surface area contributed by atoms with Crippen molar-refractivity contribution in [2.24, 2.45) is 0 Å². The Morgan fingerprint density at radius 2 is 0.784 bits per heavy atom. The Kier molecular flexibility index (Phi) is 24.6. The summed E-state index contributed by atoms with van der Waals surface area (Å²) in [7, 11) is 0. The van der Waals surface area contributed by atoms with E-state index in [1.807, 2.05) is 0 Å². The molecule has 0 unspecified atom stereocenters. The molecule has 0 aromatic rings. The van der Waals surface area contributed by atoms with E-state index in [1.54, 1.807) is 0 Å². The molecule has 1 heterocycles. The molecule has 1 aliphatic heterocycles. The van der Waals surface area contributed by atoms with Gasteiger partial charge >= 0.3 is 0 Å². The maximum absolute atomic E-state index is 9.56. The molecule has 3 nitrogen and oxygen atoms in total. The Morgan fingerprint density at radius 3 is 1.05 bits per heavy atom. The van der Waals surface area contributed by atoms with Crippen LogP contribution < -0.4 is 0 Å². The molecule has 1 aliphatic rings. The summed E-state index contributed by atoms with van der Waals surface area (Å²) in [6.45, 7) is 5.23. The van der Waals surface area contributed by atoms with E-state index in [0.29, 0.717) is 6.61 Å². The fraction of sp³-hybridized carbons (Fsp3) is 1.00. The SMILES string of the molecule is CCCCCCCCCCCCCCCC1(CCCCCCCCCCCCCCC)OC[C@@H](CO)O1. The molecule has 0 saturated carbocycles. The van der Waals surface area contributed by atoms with Crippen molar-refractivity contribution >= 4 is 0 Å². The molecule has 1 N–H and O–H groups in total. The number of aliphatic hydroxyl groups excluding tert-OH is 1. The van der Waals surface area contributed by atoms with Crippen LogP contribution in [0, 0.1) is 0 Å². The van der Waals surface area contributed by atoms with Crippen LogP contribution in [0.5, 0.6) is 0 Å². The Morgan fingerprint density at radius 1 is 0.486 bits per heavy atom. The highest BCUT2D eigenvalue weighted by atomic mass is 16.7. The first-order valence-electron chi connectivity index (χ1n) is 17.2. The molecule has 0 radical (unpaired) electrons. The number of aliphatic hydroxyl groups is 1. The van der Waals surface area contributed by atoms with Gasteiger partial charge in [-0.2, -0.15) is 0 Å². The summed E-state index contributed by atoms with van der Waals surface area (Å²) in [4.78, 5) is 0. The minimum Gasteiger partial charge on any atom is -0.394 e. The van der Waals surface area contributed by atoms with Gasteiger partial charge in [0.15, 0.2) is 5.79 Å². The minimum atomic E-state index is -0.414. The van der Waals surface area contributed by atoms with Crippen molar-refractivity contribution in [3.05, 3.63) is 0 Å². The average molecular weight is 525 g/mol. The average Bonchev–Trinajstić information content (AvgIpc) is 3.33. The molecule has 1 atom stereocenters. The fourth-order valence-corrected chi connectivity index (χ4v) is 5.92. The largest absolute Gasteiger partial charge is 0.394 e. The molecule has 0 aromatic carbocycles. The lowest BCUT2D eigenvalue weighted by molar-refractivity contribution is -0.182. The Balaban J connectivity index is 2.01. The van der Waals surface area contributed by atoms with Gasteiger partial charge in [-0.1, -0.05) is 168 Å². The molecule has 0 aliphatic carbocycles. The van der Waals surface area contributed by atoms with Crippen LogP contribution in [-0.4, -0.2) is 30.2 Å². The van der Waals surface area contributed by atoms with Crippen molar-refractivity contribution in [1.82, 2.24) is 0 Å². The van der Waals surface area contributed by atoms with Gasteiger partial charge in [-0.15, -0.1) is 0 Å². The molecule has 0 aromatic heterocycles. The second kappa shape index (κ2) is 26.1. The van der Waals surface area contributed by atoms with Crippen LogP contribution in [0.4, 0.5) is 0 Å². The van der Waals surface area contributed by atoms with Crippen molar-refractivity contribution in [2.75, 3.05) is 13.2 Å². The van der Waals surface area contributed by atoms with E-state index in [1.165, 1.54) is 167 Å². The van der Waals surface area contributed by atoms with E-state index in [2.05, 4.69) is 13.8 Å². The highest BCUT2D eigenvalue weighted by Crippen LogP contribution is 2.34. The summed E-state index contributed by atoms with van der Waals surface area (Å²) in [5.74, 6) is -0.414. The van der Waals surface area contributed by atoms with E-state index in [0.717, 1.165) is 12.8 Å². The van der Waals surface area contributed by atoms with E-state index in [4.69, 9.17) is 9.47 Å². The van der Waals surface area contributed by atoms with Crippen molar-refractivity contribution in [1.29, 1.82) is 0 Å². The van der Waals surface area contributed by atoms with E-state index < -0.39 is 5.79 Å². The predicted octanol–water partition coefficient (Wildman–Crippen LogP) is 11.1. The van der Waals surface area contributed by atoms with Crippen LogP contribution >= 0.6 is 0 Å². The molecule has 0 bridgehead atoms. The van der Waals surface area contributed by atoms with Crippen LogP contribution in [-0.2, 0) is 9.47 Å². The molecule has 0 spiro atoms. The molecule has 1 fully saturated rings. The standard InChI is InChI=1S/C34H68O3/c1-3-5-7-9-11-13-15-17-19-21-23-25-27-29-34(36-32-33(31-35)37-34)30-28-26-24-22-20-18-16-14-12-10-8-6-4-2/h33,35H,3-32H2,1-2H3/t33-/m1/s1. The monoisotopic (exact) mass is 525 g/mol. The first-order valence-corrected chi connectivity index (χ1v) is 17.2. The summed E-state index contributed by atoms with van der Waals surface area (Å²) in [6, 6.07) is 0. The summed E-state index contributed by atoms with van der Waals surface area (Å²) >= 11 is 0. The number of unbranched alkanes of at least 4 members (excludes halogenated alkanes) is 24. The molecule has 222 valence electrons. The van der Waals surface area contributed by atoms with Crippen LogP contribution in [0.15, 0.2) is 0 Å². The smallest absolute Gasteiger partial charge is 0.169 e. The van der Waals surface area contributed by atoms with E-state index >= 15 is 0 Å². The third-order valence-electron chi connectivity index (χ3n) is 8.44. The Hall–Kier alpha value is -0.120. The van der Waals surface area contributed by atoms with Gasteiger partial charge in [0, 0.05) is 12.8 Å². The van der Waals surface area contributed by atoms with Crippen LogP contribution in [0.2, 0.25) is 0 Å². The van der Waals surface area contributed by atoms with Crippen molar-refractivity contribution in [2.45, 2.75) is 206 Å². The summed E-state index contributed by atoms with van der Waals surface area (Å²) in [5, 5.41) is 9.56. The summed E-state index contributed by atoms with van der Waals surface area (Å²) < 4.78 is 12.4. The van der Waals surface area contributed by atoms with Gasteiger partial charge in [-0.3, -0.25) is 0 Å². The minimum absolute atomic E-state index is 0.0823. The summed E-state index contributed by atoms with van der Waals surface area (Å²) in [6.07, 6.45) is 37.8. The fourth-order valence-electron chi connectivity index (χ4n) is 5.92. The lowest BCUT2D eigenvalue weighted by Crippen LogP contribution is -2.31. The first kappa shape index (κ1) is 34.9. The zero-order valence-corrected chi connectivity index (χ0v) is 25.6. The highest BCUT2D eigenvalue weighted by Gasteiger charge is 2.40. The molecule has 1 rings (SSSR count). The first-order chi connectivity index (χ1) is 18.3. The molecule has 1 saturated heterocycles. The van der Waals surface area contributed by atoms with E-state index in [-0.39, 0.29) is 12.7 Å². The van der Waals surface area contributed by atoms with Crippen LogP contribution in [0.25, 0.3) is 0 Å². The topological polar surface area (TPSA) is 38.7 Å². The van der Waals surface area contributed by atoms with Crippen LogP contribution in [0.1, 0.15) is 194 Å². The van der Waals surface area contributed by atoms with E-state index in [9.17, 15) is 5.11 Å². The molecular formula is C34H68O3. The quantitative estimate of drug-likeness (QED) is 0.0989. The van der Waals surface area contributed by atoms with Gasteiger partial charge in [0.1, 0.15) is 6.10 Å². The molecule has 3 heteroatoms. The number of hydrogen-bond donors (Lipinski definition) is 1. The third kappa shape index (κ3) is 20.4. The van der Waals surface area contributed by atoms with Gasteiger partial charge in [0.25, 0.3) is 0 Å². The highest BCUT2D eigenvalue weighted by molar-refractivity contribution is 4.79. The lowest BCUT2D eigenvalue weighted by atomic mass is 9.98.